The van der Waals surface area contributed by atoms with E-state index in [1.807, 2.05) is 0 Å². The number of nitrogens with zero attached hydrogens (tertiary/aromatic N) is 1. The predicted octanol–water partition coefficient (Wildman–Crippen LogP) is 3.72. The van der Waals surface area contributed by atoms with E-state index in [0.717, 1.165) is 10.9 Å². The lowest BCUT2D eigenvalue weighted by molar-refractivity contribution is 0.103. The summed E-state index contributed by atoms with van der Waals surface area (Å²) in [4.78, 5) is 15.6. The van der Waals surface area contributed by atoms with Crippen LogP contribution in [0.1, 0.15) is 27.0 Å². The zero-order valence-electron chi connectivity index (χ0n) is 11.3. The minimum absolute atomic E-state index is 0.233. The number of ketones is 1. The number of aryl methyl sites for hydroxylation is 1. The number of aromatic nitrogens is 1. The molecule has 1 heterocycles. The van der Waals surface area contributed by atoms with Crippen molar-refractivity contribution >= 4 is 16.7 Å². The van der Waals surface area contributed by atoms with Crippen molar-refractivity contribution in [3.8, 4) is 6.07 Å². The number of carbonyl (C=O) groups is 1. The Morgan fingerprint density at radius 3 is 2.76 bits per heavy atom. The molecule has 0 aliphatic carbocycles. The van der Waals surface area contributed by atoms with Crippen molar-refractivity contribution < 1.29 is 9.18 Å². The van der Waals surface area contributed by atoms with E-state index in [1.165, 1.54) is 12.1 Å². The summed E-state index contributed by atoms with van der Waals surface area (Å²) in [5.74, 6) is -0.668. The number of nitrogens with one attached hydrogen (secondary N) is 1. The molecule has 1 N–H and O–H groups in total. The quantitative estimate of drug-likeness (QED) is 0.726. The molecule has 2 aromatic carbocycles. The molecule has 0 aliphatic rings. The fourth-order valence-corrected chi connectivity index (χ4v) is 2.37. The third kappa shape index (κ3) is 2.19. The second-order valence-corrected chi connectivity index (χ2v) is 4.86. The Hall–Kier alpha value is -2.93. The highest BCUT2D eigenvalue weighted by atomic mass is 19.1. The van der Waals surface area contributed by atoms with Crippen molar-refractivity contribution in [1.82, 2.24) is 4.98 Å². The van der Waals surface area contributed by atoms with Gasteiger partial charge in [0.25, 0.3) is 0 Å². The Balaban J connectivity index is 2.14. The molecule has 3 aromatic rings. The van der Waals surface area contributed by atoms with Crippen LogP contribution >= 0.6 is 0 Å². The molecule has 0 unspecified atom stereocenters. The molecule has 102 valence electrons. The Morgan fingerprint density at radius 2 is 2.00 bits per heavy atom. The molecule has 0 aliphatic heterocycles. The number of fused-ring (bicyclic) bond motifs is 1. The number of hydrogen-bond donors (Lipinski definition) is 1. The van der Waals surface area contributed by atoms with Gasteiger partial charge in [-0.25, -0.2) is 4.39 Å². The fourth-order valence-electron chi connectivity index (χ4n) is 2.37. The van der Waals surface area contributed by atoms with E-state index in [9.17, 15) is 9.18 Å². The molecule has 21 heavy (non-hydrogen) atoms. The molecular weight excluding hydrogens is 267 g/mol. The van der Waals surface area contributed by atoms with Crippen LogP contribution in [0.15, 0.2) is 42.6 Å². The van der Waals surface area contributed by atoms with Crippen LogP contribution in [0.3, 0.4) is 0 Å². The molecule has 0 spiro atoms. The van der Waals surface area contributed by atoms with E-state index >= 15 is 0 Å². The van der Waals surface area contributed by atoms with E-state index in [4.69, 9.17) is 5.26 Å². The maximum absolute atomic E-state index is 13.4. The highest BCUT2D eigenvalue weighted by Crippen LogP contribution is 2.23. The second kappa shape index (κ2) is 4.88. The van der Waals surface area contributed by atoms with E-state index < -0.39 is 5.82 Å². The van der Waals surface area contributed by atoms with Crippen molar-refractivity contribution in [2.24, 2.45) is 0 Å². The third-order valence-electron chi connectivity index (χ3n) is 3.50. The summed E-state index contributed by atoms with van der Waals surface area (Å²) in [5.41, 5.74) is 2.78. The first kappa shape index (κ1) is 13.1. The number of halogens is 1. The lowest BCUT2D eigenvalue weighted by Crippen LogP contribution is -2.03. The van der Waals surface area contributed by atoms with E-state index in [1.54, 1.807) is 37.4 Å². The van der Waals surface area contributed by atoms with Crippen molar-refractivity contribution in [3.63, 3.8) is 0 Å². The molecule has 0 saturated heterocycles. The standard InChI is InChI=1S/C17H11FN2O/c1-10-2-4-12(18)7-14(10)17(21)15-9-20-16-6-11(8-19)3-5-13(15)16/h2-7,9,20H,1H3. The number of benzene rings is 2. The van der Waals surface area contributed by atoms with Gasteiger partial charge < -0.3 is 4.98 Å². The maximum Gasteiger partial charge on any atom is 0.195 e. The monoisotopic (exact) mass is 278 g/mol. The molecule has 0 saturated carbocycles. The van der Waals surface area contributed by atoms with Gasteiger partial charge in [0.05, 0.1) is 11.6 Å². The molecule has 3 nitrogen and oxygen atoms in total. The topological polar surface area (TPSA) is 56.6 Å². The summed E-state index contributed by atoms with van der Waals surface area (Å²) >= 11 is 0. The lowest BCUT2D eigenvalue weighted by Gasteiger charge is -2.04. The van der Waals surface area contributed by atoms with E-state index in [0.29, 0.717) is 22.2 Å². The predicted molar refractivity (Wildman–Crippen MR) is 77.6 cm³/mol. The lowest BCUT2D eigenvalue weighted by atomic mass is 9.98. The van der Waals surface area contributed by atoms with Crippen LogP contribution < -0.4 is 0 Å². The first-order valence-corrected chi connectivity index (χ1v) is 6.42. The van der Waals surface area contributed by atoms with E-state index in [2.05, 4.69) is 11.1 Å². The Morgan fingerprint density at radius 1 is 1.19 bits per heavy atom. The normalized spacial score (nSPS) is 10.5. The highest BCUT2D eigenvalue weighted by molar-refractivity contribution is 6.17. The summed E-state index contributed by atoms with van der Waals surface area (Å²) < 4.78 is 13.4. The van der Waals surface area contributed by atoms with Crippen molar-refractivity contribution in [3.05, 3.63) is 70.7 Å². The van der Waals surface area contributed by atoms with Crippen molar-refractivity contribution in [1.29, 1.82) is 5.26 Å². The molecule has 0 atom stereocenters. The van der Waals surface area contributed by atoms with Crippen molar-refractivity contribution in [2.75, 3.05) is 0 Å². The molecule has 3 rings (SSSR count). The van der Waals surface area contributed by atoms with Crippen LogP contribution in [0.4, 0.5) is 4.39 Å². The van der Waals surface area contributed by atoms with Gasteiger partial charge in [-0.05, 0) is 36.8 Å². The molecular formula is C17H11FN2O. The van der Waals surface area contributed by atoms with Gasteiger partial charge in [-0.1, -0.05) is 12.1 Å². The summed E-state index contributed by atoms with van der Waals surface area (Å²) in [6, 6.07) is 11.3. The van der Waals surface area contributed by atoms with Gasteiger partial charge in [0.1, 0.15) is 5.82 Å². The number of nitriles is 1. The highest BCUT2D eigenvalue weighted by Gasteiger charge is 2.16. The van der Waals surface area contributed by atoms with Crippen LogP contribution in [0, 0.1) is 24.1 Å². The first-order chi connectivity index (χ1) is 10.1. The Labute approximate surface area is 120 Å². The molecule has 4 heteroatoms. The van der Waals surface area contributed by atoms with Crippen molar-refractivity contribution in [2.45, 2.75) is 6.92 Å². The summed E-state index contributed by atoms with van der Waals surface area (Å²) in [6.45, 7) is 1.77. The third-order valence-corrected chi connectivity index (χ3v) is 3.50. The number of carbonyl (C=O) groups excluding carboxylic acids is 1. The minimum Gasteiger partial charge on any atom is -0.360 e. The molecule has 0 amide bonds. The van der Waals surface area contributed by atoms with Crippen LogP contribution in [0.5, 0.6) is 0 Å². The summed E-state index contributed by atoms with van der Waals surface area (Å²) in [5, 5.41) is 9.61. The molecule has 1 aromatic heterocycles. The number of hydrogen-bond acceptors (Lipinski definition) is 2. The van der Waals surface area contributed by atoms with Crippen LogP contribution in [0.2, 0.25) is 0 Å². The second-order valence-electron chi connectivity index (χ2n) is 4.86. The maximum atomic E-state index is 13.4. The van der Waals surface area contributed by atoms with Gasteiger partial charge >= 0.3 is 0 Å². The summed E-state index contributed by atoms with van der Waals surface area (Å²) in [6.07, 6.45) is 1.60. The Kier molecular flexibility index (Phi) is 3.03. The molecule has 0 radical (unpaired) electrons. The SMILES string of the molecule is Cc1ccc(F)cc1C(=O)c1c[nH]c2cc(C#N)ccc12. The molecule has 0 bridgehead atoms. The van der Waals surface area contributed by atoms with Crippen LogP contribution in [-0.2, 0) is 0 Å². The Bertz CT molecular complexity index is 903. The van der Waals surface area contributed by atoms with Gasteiger partial charge in [0.15, 0.2) is 5.78 Å². The number of rotatable bonds is 2. The van der Waals surface area contributed by atoms with Gasteiger partial charge in [-0.2, -0.15) is 5.26 Å². The first-order valence-electron chi connectivity index (χ1n) is 6.42. The number of aromatic amines is 1. The zero-order chi connectivity index (χ0) is 15.0. The largest absolute Gasteiger partial charge is 0.360 e. The van der Waals surface area contributed by atoms with Gasteiger partial charge in [-0.15, -0.1) is 0 Å². The van der Waals surface area contributed by atoms with Crippen LogP contribution in [-0.4, -0.2) is 10.8 Å². The van der Waals surface area contributed by atoms with Gasteiger partial charge in [0.2, 0.25) is 0 Å². The van der Waals surface area contributed by atoms with E-state index in [-0.39, 0.29) is 5.78 Å². The van der Waals surface area contributed by atoms with Crippen LogP contribution in [0.25, 0.3) is 10.9 Å². The number of H-pyrrole nitrogens is 1. The van der Waals surface area contributed by atoms with Gasteiger partial charge in [-0.3, -0.25) is 4.79 Å². The van der Waals surface area contributed by atoms with Gasteiger partial charge in [0, 0.05) is 28.2 Å². The summed E-state index contributed by atoms with van der Waals surface area (Å²) in [7, 11) is 0. The average molecular weight is 278 g/mol. The zero-order valence-corrected chi connectivity index (χ0v) is 11.3. The molecule has 0 fully saturated rings. The fraction of sp³-hybridized carbons (Fsp3) is 0.0588. The smallest absolute Gasteiger partial charge is 0.195 e. The minimum atomic E-state index is -0.435. The average Bonchev–Trinajstić information content (AvgIpc) is 2.91.